The zero-order valence-corrected chi connectivity index (χ0v) is 10.6. The highest BCUT2D eigenvalue weighted by atomic mass is 32.2. The van der Waals surface area contributed by atoms with E-state index in [1.807, 2.05) is 18.7 Å². The van der Waals surface area contributed by atoms with E-state index in [1.54, 1.807) is 0 Å². The summed E-state index contributed by atoms with van der Waals surface area (Å²) >= 11 is 0. The number of rotatable bonds is 1. The summed E-state index contributed by atoms with van der Waals surface area (Å²) in [4.78, 5) is 6.21. The van der Waals surface area contributed by atoms with Crippen molar-refractivity contribution in [2.24, 2.45) is 10.8 Å². The summed E-state index contributed by atoms with van der Waals surface area (Å²) in [6.45, 7) is 5.03. The van der Waals surface area contributed by atoms with Crippen LogP contribution < -0.4 is 11.3 Å². The second-order valence-electron chi connectivity index (χ2n) is 4.18. The van der Waals surface area contributed by atoms with Crippen LogP contribution in [0.25, 0.3) is 0 Å². The Morgan fingerprint density at radius 3 is 2.62 bits per heavy atom. The molecule has 0 bridgehead atoms. The molecule has 0 aromatic heterocycles. The van der Waals surface area contributed by atoms with Crippen LogP contribution in [0, 0.1) is 0 Å². The molecule has 1 rings (SSSR count). The smallest absolute Gasteiger partial charge is 0.208 e. The molecule has 0 aliphatic carbocycles. The molecular formula is C9H20N4O2S. The summed E-state index contributed by atoms with van der Waals surface area (Å²) in [7, 11) is -2.89. The highest BCUT2D eigenvalue weighted by Crippen LogP contribution is 2.05. The third-order valence-electron chi connectivity index (χ3n) is 2.36. The van der Waals surface area contributed by atoms with Gasteiger partial charge in [0.15, 0.2) is 9.84 Å². The van der Waals surface area contributed by atoms with Gasteiger partial charge in [-0.2, -0.15) is 0 Å². The van der Waals surface area contributed by atoms with E-state index in [9.17, 15) is 8.42 Å². The molecule has 0 atom stereocenters. The first-order valence-electron chi connectivity index (χ1n) is 5.44. The van der Waals surface area contributed by atoms with Gasteiger partial charge in [-0.05, 0) is 20.3 Å². The summed E-state index contributed by atoms with van der Waals surface area (Å²) in [5.41, 5.74) is 2.54. The maximum Gasteiger partial charge on any atom is 0.208 e. The Hall–Kier alpha value is -0.820. The molecule has 7 heteroatoms. The lowest BCUT2D eigenvalue weighted by atomic mass is 10.4. The SMILES string of the molecule is CC(C)N=C(NN)N1CCCS(=O)(=O)CC1. The molecule has 94 valence electrons. The molecular weight excluding hydrogens is 228 g/mol. The average Bonchev–Trinajstić information content (AvgIpc) is 2.35. The summed E-state index contributed by atoms with van der Waals surface area (Å²) in [6.07, 6.45) is 0.626. The number of guanidine groups is 1. The van der Waals surface area contributed by atoms with Crippen molar-refractivity contribution in [3.8, 4) is 0 Å². The molecule has 3 N–H and O–H groups in total. The van der Waals surface area contributed by atoms with E-state index in [1.165, 1.54) is 0 Å². The van der Waals surface area contributed by atoms with Crippen molar-refractivity contribution < 1.29 is 8.42 Å². The van der Waals surface area contributed by atoms with E-state index in [0.717, 1.165) is 0 Å². The number of hydrazine groups is 1. The van der Waals surface area contributed by atoms with Crippen molar-refractivity contribution in [1.82, 2.24) is 10.3 Å². The number of nitrogens with one attached hydrogen (secondary N) is 1. The van der Waals surface area contributed by atoms with Crippen LogP contribution in [0.5, 0.6) is 0 Å². The van der Waals surface area contributed by atoms with E-state index in [4.69, 9.17) is 5.84 Å². The molecule has 0 saturated carbocycles. The Balaban J connectivity index is 2.73. The summed E-state index contributed by atoms with van der Waals surface area (Å²) < 4.78 is 22.9. The molecule has 0 aromatic rings. The Morgan fingerprint density at radius 1 is 1.38 bits per heavy atom. The van der Waals surface area contributed by atoms with Crippen LogP contribution in [0.1, 0.15) is 20.3 Å². The molecule has 1 fully saturated rings. The number of sulfone groups is 1. The van der Waals surface area contributed by atoms with Crippen molar-refractivity contribution in [2.75, 3.05) is 24.6 Å². The average molecular weight is 248 g/mol. The Labute approximate surface area is 96.8 Å². The second kappa shape index (κ2) is 5.49. The van der Waals surface area contributed by atoms with Gasteiger partial charge < -0.3 is 4.90 Å². The molecule has 6 nitrogen and oxygen atoms in total. The van der Waals surface area contributed by atoms with E-state index in [2.05, 4.69) is 10.4 Å². The molecule has 1 saturated heterocycles. The van der Waals surface area contributed by atoms with E-state index in [-0.39, 0.29) is 17.5 Å². The molecule has 16 heavy (non-hydrogen) atoms. The van der Waals surface area contributed by atoms with E-state index >= 15 is 0 Å². The Morgan fingerprint density at radius 2 is 2.06 bits per heavy atom. The van der Waals surface area contributed by atoms with Crippen LogP contribution in [-0.4, -0.2) is 49.9 Å². The van der Waals surface area contributed by atoms with Crippen molar-refractivity contribution in [3.05, 3.63) is 0 Å². The first-order valence-corrected chi connectivity index (χ1v) is 7.26. The fourth-order valence-corrected chi connectivity index (χ4v) is 2.88. The zero-order chi connectivity index (χ0) is 12.2. The normalized spacial score (nSPS) is 22.0. The van der Waals surface area contributed by atoms with Crippen LogP contribution in [0.2, 0.25) is 0 Å². The second-order valence-corrected chi connectivity index (χ2v) is 6.49. The van der Waals surface area contributed by atoms with Crippen LogP contribution in [0.15, 0.2) is 4.99 Å². The highest BCUT2D eigenvalue weighted by Gasteiger charge is 2.21. The van der Waals surface area contributed by atoms with Crippen molar-refractivity contribution in [2.45, 2.75) is 26.3 Å². The third-order valence-corrected chi connectivity index (χ3v) is 4.08. The predicted octanol–water partition coefficient (Wildman–Crippen LogP) is -0.665. The molecule has 0 aromatic carbocycles. The highest BCUT2D eigenvalue weighted by molar-refractivity contribution is 7.91. The third kappa shape index (κ3) is 3.97. The number of aliphatic imine (C=N–C) groups is 1. The lowest BCUT2D eigenvalue weighted by Gasteiger charge is -2.23. The standard InChI is InChI=1S/C9H20N4O2S/c1-8(2)11-9(12-10)13-4-3-6-16(14,15)7-5-13/h8H,3-7,10H2,1-2H3,(H,11,12). The number of hydrogen-bond donors (Lipinski definition) is 2. The van der Waals surface area contributed by atoms with Crippen LogP contribution in [0.4, 0.5) is 0 Å². The predicted molar refractivity (Wildman–Crippen MR) is 64.7 cm³/mol. The van der Waals surface area contributed by atoms with Crippen molar-refractivity contribution in [1.29, 1.82) is 0 Å². The van der Waals surface area contributed by atoms with Gasteiger partial charge in [0.25, 0.3) is 0 Å². The van der Waals surface area contributed by atoms with Gasteiger partial charge in [-0.15, -0.1) is 0 Å². The number of nitrogens with two attached hydrogens (primary N) is 1. The minimum atomic E-state index is -2.89. The fourth-order valence-electron chi connectivity index (χ4n) is 1.61. The lowest BCUT2D eigenvalue weighted by molar-refractivity contribution is 0.429. The van der Waals surface area contributed by atoms with E-state index in [0.29, 0.717) is 25.5 Å². The zero-order valence-electron chi connectivity index (χ0n) is 9.81. The molecule has 0 radical (unpaired) electrons. The lowest BCUT2D eigenvalue weighted by Crippen LogP contribution is -2.46. The molecule has 1 heterocycles. The Bertz CT molecular complexity index is 351. The van der Waals surface area contributed by atoms with Gasteiger partial charge in [-0.1, -0.05) is 0 Å². The minimum absolute atomic E-state index is 0.130. The Kier molecular flexibility index (Phi) is 4.55. The van der Waals surface area contributed by atoms with Gasteiger partial charge in [-0.25, -0.2) is 19.3 Å². The summed E-state index contributed by atoms with van der Waals surface area (Å²) in [6, 6.07) is 0.130. The van der Waals surface area contributed by atoms with Gasteiger partial charge in [-0.3, -0.25) is 5.43 Å². The van der Waals surface area contributed by atoms with E-state index < -0.39 is 9.84 Å². The molecule has 1 aliphatic heterocycles. The van der Waals surface area contributed by atoms with Gasteiger partial charge in [0.1, 0.15) is 0 Å². The summed E-state index contributed by atoms with van der Waals surface area (Å²) in [5, 5.41) is 0. The minimum Gasteiger partial charge on any atom is -0.341 e. The number of hydrogen-bond acceptors (Lipinski definition) is 4. The molecule has 0 unspecified atom stereocenters. The van der Waals surface area contributed by atoms with Crippen molar-refractivity contribution >= 4 is 15.8 Å². The monoisotopic (exact) mass is 248 g/mol. The van der Waals surface area contributed by atoms with Crippen LogP contribution >= 0.6 is 0 Å². The van der Waals surface area contributed by atoms with Crippen molar-refractivity contribution in [3.63, 3.8) is 0 Å². The molecule has 0 amide bonds. The van der Waals surface area contributed by atoms with Crippen LogP contribution in [-0.2, 0) is 9.84 Å². The summed E-state index contributed by atoms with van der Waals surface area (Å²) in [5.74, 6) is 6.40. The first-order chi connectivity index (χ1) is 7.44. The van der Waals surface area contributed by atoms with Gasteiger partial charge in [0, 0.05) is 19.1 Å². The van der Waals surface area contributed by atoms with Gasteiger partial charge in [0.05, 0.1) is 11.5 Å². The van der Waals surface area contributed by atoms with Gasteiger partial charge >= 0.3 is 0 Å². The number of nitrogens with zero attached hydrogens (tertiary/aromatic N) is 2. The largest absolute Gasteiger partial charge is 0.341 e. The molecule has 1 aliphatic rings. The van der Waals surface area contributed by atoms with Gasteiger partial charge in [0.2, 0.25) is 5.96 Å². The topological polar surface area (TPSA) is 87.8 Å². The first kappa shape index (κ1) is 13.2. The van der Waals surface area contributed by atoms with Crippen LogP contribution in [0.3, 0.4) is 0 Å². The fraction of sp³-hybridized carbons (Fsp3) is 0.889. The quantitative estimate of drug-likeness (QED) is 0.278. The molecule has 0 spiro atoms. The maximum atomic E-state index is 11.4. The maximum absolute atomic E-state index is 11.4.